The zero-order valence-corrected chi connectivity index (χ0v) is 34.6. The predicted molar refractivity (Wildman–Crippen MR) is 222 cm³/mol. The average Bonchev–Trinajstić information content (AvgIpc) is 3.71. The van der Waals surface area contributed by atoms with Gasteiger partial charge >= 0.3 is 11.9 Å². The number of aromatic hydroxyl groups is 1. The molecule has 0 aliphatic carbocycles. The average molecular weight is 900 g/mol. The van der Waals surface area contributed by atoms with Crippen molar-refractivity contribution in [1.29, 1.82) is 0 Å². The fourth-order valence-electron chi connectivity index (χ4n) is 5.82. The van der Waals surface area contributed by atoms with Gasteiger partial charge in [0.2, 0.25) is 41.4 Å². The van der Waals surface area contributed by atoms with Gasteiger partial charge < -0.3 is 74.4 Å². The molecule has 2 rings (SSSR count). The lowest BCUT2D eigenvalue weighted by atomic mass is 10.1. The monoisotopic (exact) mass is 899 g/mol. The third kappa shape index (κ3) is 17.3. The van der Waals surface area contributed by atoms with Gasteiger partial charge in [0.05, 0.1) is 25.6 Å². The van der Waals surface area contributed by atoms with Crippen LogP contribution in [0.5, 0.6) is 5.75 Å². The Morgan fingerprint density at radius 3 is 2.00 bits per heavy atom. The molecule has 0 saturated carbocycles. The summed E-state index contributed by atoms with van der Waals surface area (Å²) in [7, 11) is 0. The number of nitrogens with zero attached hydrogens (tertiary/aromatic N) is 2. The van der Waals surface area contributed by atoms with Crippen LogP contribution in [0.25, 0.3) is 0 Å². The maximum atomic E-state index is 13.6. The van der Waals surface area contributed by atoms with Crippen LogP contribution in [-0.2, 0) is 49.6 Å². The number of carbonyl (C=O) groups excluding carboxylic acids is 7. The minimum Gasteiger partial charge on any atom is -0.508 e. The second-order valence-corrected chi connectivity index (χ2v) is 14.4. The molecule has 1 aliphatic heterocycles. The number of aliphatic imine (C=N–C) groups is 1. The number of benzene rings is 1. The number of aliphatic hydroxyl groups excluding tert-OH is 1. The van der Waals surface area contributed by atoms with E-state index in [0.717, 1.165) is 4.90 Å². The van der Waals surface area contributed by atoms with Gasteiger partial charge in [0.25, 0.3) is 0 Å². The first kappa shape index (κ1) is 51.3. The lowest BCUT2D eigenvalue weighted by Crippen LogP contribution is -2.60. The number of carboxylic acids is 2. The molecule has 0 unspecified atom stereocenters. The van der Waals surface area contributed by atoms with E-state index < -0.39 is 115 Å². The third-order valence-electron chi connectivity index (χ3n) is 9.01. The second-order valence-electron chi connectivity index (χ2n) is 13.7. The molecule has 7 atom stereocenters. The van der Waals surface area contributed by atoms with E-state index in [1.807, 2.05) is 0 Å². The largest absolute Gasteiger partial charge is 0.508 e. The highest BCUT2D eigenvalue weighted by molar-refractivity contribution is 7.80. The fourth-order valence-corrected chi connectivity index (χ4v) is 6.24. The van der Waals surface area contributed by atoms with E-state index in [4.69, 9.17) is 17.2 Å². The number of thiol groups is 2. The van der Waals surface area contributed by atoms with Crippen LogP contribution in [0.4, 0.5) is 0 Å². The fraction of sp³-hybridized carbons (Fsp3) is 0.543. The van der Waals surface area contributed by atoms with Crippen LogP contribution in [0.3, 0.4) is 0 Å². The standard InChI is InChI=1S/C35H53N11O13S2/c36-19(15-60)28(52)42-20(3-1-9-39-35(37)38)29(53)40-13-26(49)41-21(12-27(50)51)30(54)44-23(14-47)33(57)46-10-2-4-25(46)32(56)45-24(16-61)31(55)43-22(34(58)59)11-17-5-7-18(48)8-6-17/h5-8,19-25,47-48,60-61H,1-4,9-16,36H2,(H,40,53)(H,41,49)(H,42,52)(H,43,55)(H,44,54)(H,45,56)(H,50,51)(H,58,59)(H4,37,38,39)/t19-,20-,21-,22-,23-,24-,25-/m0/s1. The van der Waals surface area contributed by atoms with Crippen molar-refractivity contribution in [1.82, 2.24) is 36.8 Å². The van der Waals surface area contributed by atoms with Gasteiger partial charge in [0.1, 0.15) is 42.0 Å². The lowest BCUT2D eigenvalue weighted by Gasteiger charge is -2.30. The first-order chi connectivity index (χ1) is 28.8. The van der Waals surface area contributed by atoms with E-state index in [0.29, 0.717) is 5.56 Å². The van der Waals surface area contributed by atoms with Gasteiger partial charge in [0.15, 0.2) is 5.96 Å². The number of guanidine groups is 1. The number of aliphatic hydroxyl groups is 1. The summed E-state index contributed by atoms with van der Waals surface area (Å²) in [5, 5.41) is 52.5. The van der Waals surface area contributed by atoms with Crippen molar-refractivity contribution in [3.05, 3.63) is 29.8 Å². The number of phenols is 1. The summed E-state index contributed by atoms with van der Waals surface area (Å²) < 4.78 is 0. The Morgan fingerprint density at radius 2 is 1.43 bits per heavy atom. The van der Waals surface area contributed by atoms with Crippen LogP contribution in [0.2, 0.25) is 0 Å². The first-order valence-corrected chi connectivity index (χ1v) is 20.0. The van der Waals surface area contributed by atoms with Gasteiger partial charge in [-0.05, 0) is 43.4 Å². The molecule has 24 nitrogen and oxygen atoms in total. The van der Waals surface area contributed by atoms with Crippen LogP contribution in [0.1, 0.15) is 37.7 Å². The van der Waals surface area contributed by atoms with Crippen molar-refractivity contribution in [2.75, 3.05) is 37.7 Å². The Bertz CT molecular complexity index is 1770. The number of nitrogens with two attached hydrogens (primary N) is 3. The molecular formula is C35H53N11O13S2. The smallest absolute Gasteiger partial charge is 0.326 e. The van der Waals surface area contributed by atoms with Crippen molar-refractivity contribution >= 4 is 84.5 Å². The highest BCUT2D eigenvalue weighted by atomic mass is 32.1. The van der Waals surface area contributed by atoms with Gasteiger partial charge in [-0.25, -0.2) is 4.79 Å². The Balaban J connectivity index is 2.08. The number of nitrogens with one attached hydrogen (secondary N) is 6. The number of aliphatic carboxylic acids is 2. The van der Waals surface area contributed by atoms with Gasteiger partial charge in [-0.15, -0.1) is 0 Å². The molecule has 1 fully saturated rings. The SMILES string of the molecule is NC(N)=NCCC[C@H](NC(=O)[C@@H](N)CS)C(=O)NCC(=O)N[C@@H](CC(=O)O)C(=O)N[C@@H](CO)C(=O)N1CCC[C@H]1C(=O)N[C@@H](CS)C(=O)N[C@@H](Cc1ccc(O)cc1)C(=O)O. The molecule has 1 aromatic carbocycles. The third-order valence-corrected chi connectivity index (χ3v) is 9.77. The molecule has 1 heterocycles. The number of carboxylic acid groups (broad SMARTS) is 2. The van der Waals surface area contributed by atoms with Crippen LogP contribution in [-0.4, -0.2) is 165 Å². The Morgan fingerprint density at radius 1 is 0.803 bits per heavy atom. The molecule has 7 amide bonds. The molecule has 0 bridgehead atoms. The van der Waals surface area contributed by atoms with Crippen LogP contribution in [0.15, 0.2) is 29.3 Å². The van der Waals surface area contributed by atoms with Crippen LogP contribution in [0, 0.1) is 0 Å². The highest BCUT2D eigenvalue weighted by Crippen LogP contribution is 2.19. The summed E-state index contributed by atoms with van der Waals surface area (Å²) in [6, 6.07) is -4.19. The molecule has 16 N–H and O–H groups in total. The summed E-state index contributed by atoms with van der Waals surface area (Å²) >= 11 is 8.06. The number of carbonyl (C=O) groups is 9. The quantitative estimate of drug-likeness (QED) is 0.0188. The first-order valence-electron chi connectivity index (χ1n) is 18.8. The van der Waals surface area contributed by atoms with Crippen LogP contribution >= 0.6 is 25.3 Å². The second kappa shape index (κ2) is 25.7. The Labute approximate surface area is 360 Å². The molecule has 61 heavy (non-hydrogen) atoms. The zero-order chi connectivity index (χ0) is 45.8. The summed E-state index contributed by atoms with van der Waals surface area (Å²) in [6.07, 6.45) is -0.541. The number of likely N-dealkylation sites (tertiary alicyclic amines) is 1. The zero-order valence-electron chi connectivity index (χ0n) is 32.8. The van der Waals surface area contributed by atoms with Gasteiger partial charge in [0, 0.05) is 31.0 Å². The van der Waals surface area contributed by atoms with Crippen molar-refractivity contribution in [2.24, 2.45) is 22.2 Å². The molecule has 1 saturated heterocycles. The molecule has 0 aromatic heterocycles. The van der Waals surface area contributed by atoms with E-state index in [2.05, 4.69) is 62.2 Å². The summed E-state index contributed by atoms with van der Waals surface area (Å²) in [6.45, 7) is -1.74. The van der Waals surface area contributed by atoms with Gasteiger partial charge in [-0.2, -0.15) is 25.3 Å². The summed E-state index contributed by atoms with van der Waals surface area (Å²) in [4.78, 5) is 120. The maximum absolute atomic E-state index is 13.6. The van der Waals surface area contributed by atoms with E-state index in [1.165, 1.54) is 24.3 Å². The topological polar surface area (TPSA) is 400 Å². The van der Waals surface area contributed by atoms with Gasteiger partial charge in [-0.3, -0.25) is 43.3 Å². The molecule has 1 aliphatic rings. The molecule has 0 radical (unpaired) electrons. The molecular weight excluding hydrogens is 847 g/mol. The normalized spacial score (nSPS) is 16.3. The number of hydrogen-bond acceptors (Lipinski definition) is 15. The molecule has 1 aromatic rings. The molecule has 338 valence electrons. The Hall–Kier alpha value is -5.86. The van der Waals surface area contributed by atoms with E-state index in [-0.39, 0.29) is 68.4 Å². The summed E-state index contributed by atoms with van der Waals surface area (Å²) in [5.41, 5.74) is 16.8. The van der Waals surface area contributed by atoms with E-state index >= 15 is 0 Å². The number of rotatable bonds is 25. The number of phenolic OH excluding ortho intramolecular Hbond substituents is 1. The molecule has 0 spiro atoms. The van der Waals surface area contributed by atoms with E-state index in [1.54, 1.807) is 0 Å². The maximum Gasteiger partial charge on any atom is 0.326 e. The lowest BCUT2D eigenvalue weighted by molar-refractivity contribution is -0.144. The number of hydrogen-bond donors (Lipinski definition) is 15. The predicted octanol–water partition coefficient (Wildman–Crippen LogP) is -5.74. The van der Waals surface area contributed by atoms with Crippen LogP contribution < -0.4 is 49.1 Å². The van der Waals surface area contributed by atoms with Crippen molar-refractivity contribution in [3.63, 3.8) is 0 Å². The summed E-state index contributed by atoms with van der Waals surface area (Å²) in [5.74, 6) is -9.98. The minimum atomic E-state index is -1.83. The Kier molecular flexibility index (Phi) is 21.6. The van der Waals surface area contributed by atoms with Crippen molar-refractivity contribution in [2.45, 2.75) is 80.8 Å². The molecule has 26 heteroatoms. The van der Waals surface area contributed by atoms with E-state index in [9.17, 15) is 63.6 Å². The number of amides is 7. The van der Waals surface area contributed by atoms with Gasteiger partial charge in [-0.1, -0.05) is 12.1 Å². The highest BCUT2D eigenvalue weighted by Gasteiger charge is 2.40. The minimum absolute atomic E-state index is 0.0107. The van der Waals surface area contributed by atoms with Crippen molar-refractivity contribution in [3.8, 4) is 5.75 Å². The van der Waals surface area contributed by atoms with Crippen molar-refractivity contribution < 1.29 is 63.6 Å².